The van der Waals surface area contributed by atoms with Crippen LogP contribution in [0.25, 0.3) is 0 Å². The maximum Gasteiger partial charge on any atom is 0.257 e. The van der Waals surface area contributed by atoms with E-state index in [9.17, 15) is 9.18 Å². The summed E-state index contributed by atoms with van der Waals surface area (Å²) in [6.07, 6.45) is 0. The van der Waals surface area contributed by atoms with E-state index in [0.29, 0.717) is 10.7 Å². The normalized spacial score (nSPS) is 10.2. The van der Waals surface area contributed by atoms with Crippen molar-refractivity contribution in [1.82, 2.24) is 0 Å². The van der Waals surface area contributed by atoms with E-state index in [1.54, 1.807) is 24.3 Å². The van der Waals surface area contributed by atoms with Gasteiger partial charge < -0.3 is 5.32 Å². The highest BCUT2D eigenvalue weighted by atomic mass is 35.5. The fourth-order valence-corrected chi connectivity index (χ4v) is 1.88. The summed E-state index contributed by atoms with van der Waals surface area (Å²) in [5.74, 6) is -0.901. The van der Waals surface area contributed by atoms with Crippen LogP contribution in [0.15, 0.2) is 42.5 Å². The van der Waals surface area contributed by atoms with Gasteiger partial charge in [0.25, 0.3) is 5.91 Å². The summed E-state index contributed by atoms with van der Waals surface area (Å²) in [5.41, 5.74) is 0.755. The van der Waals surface area contributed by atoms with Crippen LogP contribution in [-0.2, 0) is 0 Å². The van der Waals surface area contributed by atoms with Crippen molar-refractivity contribution in [3.05, 3.63) is 63.9 Å². The van der Waals surface area contributed by atoms with Gasteiger partial charge in [0.15, 0.2) is 0 Å². The van der Waals surface area contributed by atoms with Gasteiger partial charge in [0.2, 0.25) is 0 Å². The second kappa shape index (κ2) is 5.38. The maximum absolute atomic E-state index is 12.9. The zero-order valence-electron chi connectivity index (χ0n) is 9.08. The van der Waals surface area contributed by atoms with Crippen molar-refractivity contribution in [2.75, 3.05) is 5.32 Å². The fraction of sp³-hybridized carbons (Fsp3) is 0. The SMILES string of the molecule is O=C(Nc1cccc(Cl)c1)c1ccc(F)cc1Cl. The Bertz CT molecular complexity index is 601. The summed E-state index contributed by atoms with van der Waals surface area (Å²) in [6.45, 7) is 0. The fourth-order valence-electron chi connectivity index (χ4n) is 1.44. The lowest BCUT2D eigenvalue weighted by Gasteiger charge is -2.07. The van der Waals surface area contributed by atoms with E-state index in [-0.39, 0.29) is 10.6 Å². The molecule has 0 aromatic heterocycles. The van der Waals surface area contributed by atoms with Crippen LogP contribution in [0, 0.1) is 5.82 Å². The standard InChI is InChI=1S/C13H8Cl2FNO/c14-8-2-1-3-10(6-8)17-13(18)11-5-4-9(16)7-12(11)15/h1-7H,(H,17,18). The molecule has 2 aromatic rings. The Balaban J connectivity index is 2.22. The van der Waals surface area contributed by atoms with Crippen LogP contribution in [0.2, 0.25) is 10.0 Å². The number of hydrogen-bond donors (Lipinski definition) is 1. The van der Waals surface area contributed by atoms with Crippen LogP contribution in [0.5, 0.6) is 0 Å². The van der Waals surface area contributed by atoms with Crippen molar-refractivity contribution in [3.63, 3.8) is 0 Å². The van der Waals surface area contributed by atoms with Gasteiger partial charge in [-0.1, -0.05) is 29.3 Å². The monoisotopic (exact) mass is 283 g/mol. The molecular formula is C13H8Cl2FNO. The molecule has 0 heterocycles. The Morgan fingerprint density at radius 2 is 1.89 bits per heavy atom. The van der Waals surface area contributed by atoms with Gasteiger partial charge in [0, 0.05) is 10.7 Å². The minimum atomic E-state index is -0.487. The zero-order chi connectivity index (χ0) is 13.1. The number of halogens is 3. The first-order chi connectivity index (χ1) is 8.56. The van der Waals surface area contributed by atoms with Crippen molar-refractivity contribution in [2.24, 2.45) is 0 Å². The minimum Gasteiger partial charge on any atom is -0.322 e. The van der Waals surface area contributed by atoms with E-state index >= 15 is 0 Å². The lowest BCUT2D eigenvalue weighted by Crippen LogP contribution is -2.12. The molecule has 5 heteroatoms. The summed E-state index contributed by atoms with van der Waals surface area (Å²) in [5, 5.41) is 3.21. The minimum absolute atomic E-state index is 0.0644. The van der Waals surface area contributed by atoms with E-state index in [1.165, 1.54) is 12.1 Å². The molecule has 0 spiro atoms. The molecule has 0 aliphatic rings. The molecule has 0 fully saturated rings. The highest BCUT2D eigenvalue weighted by Gasteiger charge is 2.11. The molecule has 0 saturated heterocycles. The molecule has 2 nitrogen and oxygen atoms in total. The van der Waals surface area contributed by atoms with Crippen LogP contribution in [-0.4, -0.2) is 5.91 Å². The topological polar surface area (TPSA) is 29.1 Å². The Hall–Kier alpha value is -1.58. The Morgan fingerprint density at radius 3 is 2.56 bits per heavy atom. The Morgan fingerprint density at radius 1 is 1.11 bits per heavy atom. The smallest absolute Gasteiger partial charge is 0.257 e. The molecule has 0 atom stereocenters. The van der Waals surface area contributed by atoms with Crippen molar-refractivity contribution in [1.29, 1.82) is 0 Å². The molecule has 0 saturated carbocycles. The van der Waals surface area contributed by atoms with Gasteiger partial charge in [-0.15, -0.1) is 0 Å². The van der Waals surface area contributed by atoms with E-state index in [4.69, 9.17) is 23.2 Å². The number of hydrogen-bond acceptors (Lipinski definition) is 1. The Kier molecular flexibility index (Phi) is 3.84. The number of anilines is 1. The number of carbonyl (C=O) groups is 1. The third-order valence-corrected chi connectivity index (χ3v) is 2.81. The van der Waals surface area contributed by atoms with Crippen LogP contribution in [0.3, 0.4) is 0 Å². The maximum atomic E-state index is 12.9. The summed E-state index contributed by atoms with van der Waals surface area (Å²) in [6, 6.07) is 10.3. The number of amides is 1. The molecule has 0 radical (unpaired) electrons. The molecule has 2 aromatic carbocycles. The number of nitrogens with one attached hydrogen (secondary N) is 1. The van der Waals surface area contributed by atoms with Gasteiger partial charge in [-0.2, -0.15) is 0 Å². The first-order valence-corrected chi connectivity index (χ1v) is 5.84. The summed E-state index contributed by atoms with van der Waals surface area (Å²) in [4.78, 5) is 11.9. The van der Waals surface area contributed by atoms with Crippen molar-refractivity contribution < 1.29 is 9.18 Å². The van der Waals surface area contributed by atoms with Crippen molar-refractivity contribution in [3.8, 4) is 0 Å². The highest BCUT2D eigenvalue weighted by molar-refractivity contribution is 6.34. The zero-order valence-corrected chi connectivity index (χ0v) is 10.6. The first kappa shape index (κ1) is 12.9. The van der Waals surface area contributed by atoms with Gasteiger partial charge in [-0.3, -0.25) is 4.79 Å². The third-order valence-electron chi connectivity index (χ3n) is 2.26. The molecule has 18 heavy (non-hydrogen) atoms. The molecule has 0 aliphatic heterocycles. The molecule has 1 N–H and O–H groups in total. The van der Waals surface area contributed by atoms with Gasteiger partial charge in [0.1, 0.15) is 5.82 Å². The van der Waals surface area contributed by atoms with Gasteiger partial charge in [-0.25, -0.2) is 4.39 Å². The molecule has 0 unspecified atom stereocenters. The average Bonchev–Trinajstić information content (AvgIpc) is 2.28. The lowest BCUT2D eigenvalue weighted by atomic mass is 10.2. The van der Waals surface area contributed by atoms with E-state index < -0.39 is 11.7 Å². The predicted molar refractivity (Wildman–Crippen MR) is 70.8 cm³/mol. The second-order valence-electron chi connectivity index (χ2n) is 3.59. The first-order valence-electron chi connectivity index (χ1n) is 5.08. The van der Waals surface area contributed by atoms with Crippen LogP contribution in [0.4, 0.5) is 10.1 Å². The van der Waals surface area contributed by atoms with Crippen molar-refractivity contribution in [2.45, 2.75) is 0 Å². The van der Waals surface area contributed by atoms with Crippen molar-refractivity contribution >= 4 is 34.8 Å². The molecule has 0 aliphatic carbocycles. The molecular weight excluding hydrogens is 276 g/mol. The van der Waals surface area contributed by atoms with Gasteiger partial charge >= 0.3 is 0 Å². The largest absolute Gasteiger partial charge is 0.322 e. The van der Waals surface area contributed by atoms with Crippen LogP contribution >= 0.6 is 23.2 Å². The lowest BCUT2D eigenvalue weighted by molar-refractivity contribution is 0.102. The molecule has 2 rings (SSSR count). The number of rotatable bonds is 2. The summed E-state index contributed by atoms with van der Waals surface area (Å²) in [7, 11) is 0. The molecule has 92 valence electrons. The second-order valence-corrected chi connectivity index (χ2v) is 4.43. The van der Waals surface area contributed by atoms with E-state index in [1.807, 2.05) is 0 Å². The van der Waals surface area contributed by atoms with E-state index in [2.05, 4.69) is 5.32 Å². The summed E-state index contributed by atoms with van der Waals surface area (Å²) >= 11 is 11.6. The third kappa shape index (κ3) is 3.00. The molecule has 1 amide bonds. The van der Waals surface area contributed by atoms with Crippen LogP contribution in [0.1, 0.15) is 10.4 Å². The van der Waals surface area contributed by atoms with E-state index in [0.717, 1.165) is 6.07 Å². The number of benzene rings is 2. The van der Waals surface area contributed by atoms with Crippen LogP contribution < -0.4 is 5.32 Å². The number of carbonyl (C=O) groups excluding carboxylic acids is 1. The summed E-state index contributed by atoms with van der Waals surface area (Å²) < 4.78 is 12.9. The quantitative estimate of drug-likeness (QED) is 0.870. The predicted octanol–water partition coefficient (Wildman–Crippen LogP) is 4.38. The highest BCUT2D eigenvalue weighted by Crippen LogP contribution is 2.20. The average molecular weight is 284 g/mol. The Labute approximate surface area is 113 Å². The molecule has 0 bridgehead atoms. The van der Waals surface area contributed by atoms with Gasteiger partial charge in [0.05, 0.1) is 10.6 Å². The van der Waals surface area contributed by atoms with Gasteiger partial charge in [-0.05, 0) is 36.4 Å².